The lowest BCUT2D eigenvalue weighted by atomic mass is 9.73. The molecule has 0 spiro atoms. The molecule has 1 saturated heterocycles. The van der Waals surface area contributed by atoms with Crippen molar-refractivity contribution in [1.29, 1.82) is 0 Å². The molecular weight excluding hydrogens is 216 g/mol. The number of rotatable bonds is 4. The smallest absolute Gasteiger partial charge is 0.337 e. The highest BCUT2D eigenvalue weighted by Gasteiger charge is 2.54. The third-order valence-corrected chi connectivity index (χ3v) is 4.16. The average molecular weight is 234 g/mol. The summed E-state index contributed by atoms with van der Waals surface area (Å²) >= 11 is 1.60. The third kappa shape index (κ3) is 2.29. The molecule has 1 aliphatic rings. The SMILES string of the molecule is CC1(C)CCSCC1(OCCO)C(=O)O. The Balaban J connectivity index is 2.90. The summed E-state index contributed by atoms with van der Waals surface area (Å²) in [7, 11) is 0. The molecule has 0 bridgehead atoms. The van der Waals surface area contributed by atoms with Crippen molar-refractivity contribution in [3.05, 3.63) is 0 Å². The molecule has 1 heterocycles. The highest BCUT2D eigenvalue weighted by molar-refractivity contribution is 7.99. The van der Waals surface area contributed by atoms with Gasteiger partial charge in [0.1, 0.15) is 0 Å². The molecule has 0 saturated carbocycles. The Morgan fingerprint density at radius 2 is 2.20 bits per heavy atom. The summed E-state index contributed by atoms with van der Waals surface area (Å²) in [5.74, 6) is 0.494. The van der Waals surface area contributed by atoms with E-state index in [1.165, 1.54) is 0 Å². The number of aliphatic hydroxyl groups excluding tert-OH is 1. The van der Waals surface area contributed by atoms with Crippen molar-refractivity contribution < 1.29 is 19.7 Å². The van der Waals surface area contributed by atoms with E-state index >= 15 is 0 Å². The first-order valence-electron chi connectivity index (χ1n) is 5.02. The second kappa shape index (κ2) is 4.72. The Hall–Kier alpha value is -0.260. The molecule has 15 heavy (non-hydrogen) atoms. The van der Waals surface area contributed by atoms with E-state index in [0.29, 0.717) is 5.75 Å². The van der Waals surface area contributed by atoms with Crippen LogP contribution in [0.4, 0.5) is 0 Å². The van der Waals surface area contributed by atoms with E-state index < -0.39 is 11.6 Å². The molecule has 1 unspecified atom stereocenters. The van der Waals surface area contributed by atoms with E-state index in [4.69, 9.17) is 9.84 Å². The van der Waals surface area contributed by atoms with E-state index in [1.807, 2.05) is 13.8 Å². The molecule has 0 aromatic heterocycles. The van der Waals surface area contributed by atoms with Gasteiger partial charge in [0.25, 0.3) is 0 Å². The van der Waals surface area contributed by atoms with Crippen molar-refractivity contribution in [2.24, 2.45) is 5.41 Å². The third-order valence-electron chi connectivity index (χ3n) is 3.06. The molecule has 1 rings (SSSR count). The van der Waals surface area contributed by atoms with Crippen molar-refractivity contribution in [2.45, 2.75) is 25.9 Å². The first kappa shape index (κ1) is 12.8. The zero-order chi connectivity index (χ0) is 11.5. The van der Waals surface area contributed by atoms with Crippen LogP contribution in [0, 0.1) is 5.41 Å². The summed E-state index contributed by atoms with van der Waals surface area (Å²) in [6, 6.07) is 0. The number of ether oxygens (including phenoxy) is 1. The van der Waals surface area contributed by atoms with Crippen LogP contribution in [0.5, 0.6) is 0 Å². The summed E-state index contributed by atoms with van der Waals surface area (Å²) in [6.07, 6.45) is 0.815. The van der Waals surface area contributed by atoms with Crippen LogP contribution in [0.2, 0.25) is 0 Å². The van der Waals surface area contributed by atoms with Gasteiger partial charge in [0.2, 0.25) is 0 Å². The molecule has 0 aromatic rings. The molecule has 0 aliphatic carbocycles. The van der Waals surface area contributed by atoms with Gasteiger partial charge in [0, 0.05) is 11.2 Å². The standard InChI is InChI=1S/C10H18O4S/c1-9(2)3-6-15-7-10(9,8(12)13)14-5-4-11/h11H,3-7H2,1-2H3,(H,12,13). The number of carboxylic acids is 1. The van der Waals surface area contributed by atoms with Crippen LogP contribution < -0.4 is 0 Å². The second-order valence-corrected chi connectivity index (χ2v) is 5.50. The molecule has 4 nitrogen and oxygen atoms in total. The Bertz CT molecular complexity index is 242. The minimum atomic E-state index is -1.15. The monoisotopic (exact) mass is 234 g/mol. The molecule has 0 radical (unpaired) electrons. The van der Waals surface area contributed by atoms with Crippen LogP contribution in [0.15, 0.2) is 0 Å². The van der Waals surface area contributed by atoms with E-state index in [0.717, 1.165) is 12.2 Å². The fourth-order valence-corrected chi connectivity index (χ4v) is 3.49. The van der Waals surface area contributed by atoms with Gasteiger partial charge >= 0.3 is 5.97 Å². The van der Waals surface area contributed by atoms with Gasteiger partial charge in [0.05, 0.1) is 13.2 Å². The van der Waals surface area contributed by atoms with Gasteiger partial charge in [-0.25, -0.2) is 4.79 Å². The maximum absolute atomic E-state index is 11.4. The zero-order valence-electron chi connectivity index (χ0n) is 9.15. The molecule has 88 valence electrons. The van der Waals surface area contributed by atoms with Crippen molar-refractivity contribution >= 4 is 17.7 Å². The van der Waals surface area contributed by atoms with E-state index in [9.17, 15) is 9.90 Å². The van der Waals surface area contributed by atoms with Gasteiger partial charge in [-0.3, -0.25) is 0 Å². The van der Waals surface area contributed by atoms with Crippen molar-refractivity contribution in [3.8, 4) is 0 Å². The Labute approximate surface area is 94.0 Å². The van der Waals surface area contributed by atoms with E-state index in [2.05, 4.69) is 0 Å². The van der Waals surface area contributed by atoms with Crippen LogP contribution in [0.25, 0.3) is 0 Å². The second-order valence-electron chi connectivity index (χ2n) is 4.39. The number of hydrogen-bond acceptors (Lipinski definition) is 4. The molecule has 5 heteroatoms. The molecule has 1 aliphatic heterocycles. The number of hydrogen-bond donors (Lipinski definition) is 2. The molecule has 2 N–H and O–H groups in total. The summed E-state index contributed by atoms with van der Waals surface area (Å²) < 4.78 is 5.43. The predicted molar refractivity (Wildman–Crippen MR) is 59.1 cm³/mol. The number of carbonyl (C=O) groups is 1. The first-order chi connectivity index (χ1) is 6.96. The van der Waals surface area contributed by atoms with Gasteiger partial charge in [-0.15, -0.1) is 0 Å². The average Bonchev–Trinajstić information content (AvgIpc) is 2.15. The van der Waals surface area contributed by atoms with Crippen molar-refractivity contribution in [3.63, 3.8) is 0 Å². The van der Waals surface area contributed by atoms with Gasteiger partial charge in [-0.05, 0) is 12.2 Å². The van der Waals surface area contributed by atoms with Gasteiger partial charge in [-0.1, -0.05) is 13.8 Å². The number of aliphatic hydroxyl groups is 1. The maximum Gasteiger partial charge on any atom is 0.337 e. The number of aliphatic carboxylic acids is 1. The minimum absolute atomic E-state index is 0.0797. The zero-order valence-corrected chi connectivity index (χ0v) is 9.97. The maximum atomic E-state index is 11.4. The predicted octanol–water partition coefficient (Wildman–Crippen LogP) is 0.982. The topological polar surface area (TPSA) is 66.8 Å². The van der Waals surface area contributed by atoms with Crippen LogP contribution in [0.3, 0.4) is 0 Å². The van der Waals surface area contributed by atoms with Crippen LogP contribution in [-0.2, 0) is 9.53 Å². The highest BCUT2D eigenvalue weighted by Crippen LogP contribution is 2.44. The molecule has 1 fully saturated rings. The largest absolute Gasteiger partial charge is 0.479 e. The molecule has 0 aromatic carbocycles. The normalized spacial score (nSPS) is 30.1. The van der Waals surface area contributed by atoms with Crippen LogP contribution >= 0.6 is 11.8 Å². The van der Waals surface area contributed by atoms with Crippen molar-refractivity contribution in [1.82, 2.24) is 0 Å². The quantitative estimate of drug-likeness (QED) is 0.759. The number of thioether (sulfide) groups is 1. The fourth-order valence-electron chi connectivity index (χ4n) is 1.81. The Kier molecular flexibility index (Phi) is 4.03. The molecule has 1 atom stereocenters. The summed E-state index contributed by atoms with van der Waals surface area (Å²) in [4.78, 5) is 11.4. The van der Waals surface area contributed by atoms with Gasteiger partial charge < -0.3 is 14.9 Å². The van der Waals surface area contributed by atoms with Crippen LogP contribution in [0.1, 0.15) is 20.3 Å². The molecule has 0 amide bonds. The minimum Gasteiger partial charge on any atom is -0.479 e. The van der Waals surface area contributed by atoms with E-state index in [-0.39, 0.29) is 18.6 Å². The van der Waals surface area contributed by atoms with Gasteiger partial charge in [-0.2, -0.15) is 11.8 Å². The first-order valence-corrected chi connectivity index (χ1v) is 6.18. The Morgan fingerprint density at radius 1 is 1.53 bits per heavy atom. The number of carboxylic acid groups (broad SMARTS) is 1. The Morgan fingerprint density at radius 3 is 2.67 bits per heavy atom. The summed E-state index contributed by atoms with van der Waals surface area (Å²) in [5, 5.41) is 18.1. The summed E-state index contributed by atoms with van der Waals surface area (Å²) in [5.41, 5.74) is -1.54. The summed E-state index contributed by atoms with van der Waals surface area (Å²) in [6.45, 7) is 3.77. The van der Waals surface area contributed by atoms with Crippen molar-refractivity contribution in [2.75, 3.05) is 24.7 Å². The lowest BCUT2D eigenvalue weighted by Crippen LogP contribution is -2.58. The highest BCUT2D eigenvalue weighted by atomic mass is 32.2. The van der Waals surface area contributed by atoms with E-state index in [1.54, 1.807) is 11.8 Å². The fraction of sp³-hybridized carbons (Fsp3) is 0.900. The van der Waals surface area contributed by atoms with Gasteiger partial charge in [0.15, 0.2) is 5.60 Å². The van der Waals surface area contributed by atoms with Crippen LogP contribution in [-0.4, -0.2) is 46.5 Å². The lowest BCUT2D eigenvalue weighted by molar-refractivity contribution is -0.182. The molecular formula is C10H18O4S. The lowest BCUT2D eigenvalue weighted by Gasteiger charge is -2.46.